The van der Waals surface area contributed by atoms with E-state index in [1.807, 2.05) is 11.8 Å². The standard InChI is InChI=1S/C9H18N2O/c1-4-5-9(12)11-6-8(7-11)10(2)3/h8H,4-7H2,1-3H3. The monoisotopic (exact) mass is 170 g/mol. The second kappa shape index (κ2) is 3.90. The summed E-state index contributed by atoms with van der Waals surface area (Å²) in [5.41, 5.74) is 0. The molecule has 12 heavy (non-hydrogen) atoms. The first-order chi connectivity index (χ1) is 5.65. The molecule has 0 atom stereocenters. The summed E-state index contributed by atoms with van der Waals surface area (Å²) in [6, 6.07) is 0.589. The molecule has 1 rings (SSSR count). The van der Waals surface area contributed by atoms with Gasteiger partial charge in [-0.05, 0) is 20.5 Å². The molecule has 1 saturated heterocycles. The second-order valence-corrected chi connectivity index (χ2v) is 3.67. The zero-order chi connectivity index (χ0) is 9.14. The summed E-state index contributed by atoms with van der Waals surface area (Å²) >= 11 is 0. The maximum atomic E-state index is 11.3. The lowest BCUT2D eigenvalue weighted by Gasteiger charge is -2.42. The van der Waals surface area contributed by atoms with Crippen molar-refractivity contribution in [2.75, 3.05) is 27.2 Å². The Labute approximate surface area is 74.3 Å². The highest BCUT2D eigenvalue weighted by atomic mass is 16.2. The molecule has 0 aromatic rings. The minimum Gasteiger partial charge on any atom is -0.339 e. The lowest BCUT2D eigenvalue weighted by molar-refractivity contribution is -0.137. The lowest BCUT2D eigenvalue weighted by atomic mass is 10.1. The van der Waals surface area contributed by atoms with Crippen LogP contribution in [0.1, 0.15) is 19.8 Å². The predicted molar refractivity (Wildman–Crippen MR) is 49.0 cm³/mol. The molecule has 0 N–H and O–H groups in total. The second-order valence-electron chi connectivity index (χ2n) is 3.67. The largest absolute Gasteiger partial charge is 0.339 e. The summed E-state index contributed by atoms with van der Waals surface area (Å²) < 4.78 is 0. The number of likely N-dealkylation sites (N-methyl/N-ethyl adjacent to an activating group) is 1. The zero-order valence-corrected chi connectivity index (χ0v) is 8.21. The molecular weight excluding hydrogens is 152 g/mol. The van der Waals surface area contributed by atoms with Gasteiger partial charge in [0.15, 0.2) is 0 Å². The van der Waals surface area contributed by atoms with Crippen LogP contribution in [0.3, 0.4) is 0 Å². The summed E-state index contributed by atoms with van der Waals surface area (Å²) in [7, 11) is 4.12. The first kappa shape index (κ1) is 9.52. The molecule has 0 saturated carbocycles. The Bertz CT molecular complexity index is 162. The molecule has 1 heterocycles. The van der Waals surface area contributed by atoms with Crippen molar-refractivity contribution < 1.29 is 4.79 Å². The van der Waals surface area contributed by atoms with E-state index in [0.717, 1.165) is 19.5 Å². The number of rotatable bonds is 3. The Hall–Kier alpha value is -0.570. The molecule has 1 aliphatic rings. The van der Waals surface area contributed by atoms with Crippen LogP contribution in [-0.4, -0.2) is 48.9 Å². The van der Waals surface area contributed by atoms with Gasteiger partial charge in [0, 0.05) is 25.6 Å². The molecule has 1 fully saturated rings. The number of hydrogen-bond acceptors (Lipinski definition) is 2. The number of amides is 1. The molecule has 1 amide bonds. The molecular formula is C9H18N2O. The summed E-state index contributed by atoms with van der Waals surface area (Å²) in [5, 5.41) is 0. The van der Waals surface area contributed by atoms with Crippen molar-refractivity contribution in [1.29, 1.82) is 0 Å². The fourth-order valence-electron chi connectivity index (χ4n) is 1.36. The normalized spacial score (nSPS) is 18.2. The third-order valence-corrected chi connectivity index (χ3v) is 2.41. The van der Waals surface area contributed by atoms with Crippen molar-refractivity contribution in [2.45, 2.75) is 25.8 Å². The van der Waals surface area contributed by atoms with E-state index in [0.29, 0.717) is 18.4 Å². The maximum absolute atomic E-state index is 11.3. The van der Waals surface area contributed by atoms with Crippen LogP contribution in [0.5, 0.6) is 0 Å². The average Bonchev–Trinajstić information content (AvgIpc) is 1.82. The van der Waals surface area contributed by atoms with E-state index in [1.54, 1.807) is 0 Å². The van der Waals surface area contributed by atoms with E-state index in [1.165, 1.54) is 0 Å². The molecule has 1 aliphatic heterocycles. The topological polar surface area (TPSA) is 23.6 Å². The molecule has 0 aliphatic carbocycles. The van der Waals surface area contributed by atoms with Crippen LogP contribution in [-0.2, 0) is 4.79 Å². The zero-order valence-electron chi connectivity index (χ0n) is 8.21. The third-order valence-electron chi connectivity index (χ3n) is 2.41. The van der Waals surface area contributed by atoms with E-state index >= 15 is 0 Å². The summed E-state index contributed by atoms with van der Waals surface area (Å²) in [4.78, 5) is 15.4. The van der Waals surface area contributed by atoms with E-state index in [-0.39, 0.29) is 0 Å². The number of likely N-dealkylation sites (tertiary alicyclic amines) is 1. The lowest BCUT2D eigenvalue weighted by Crippen LogP contribution is -2.59. The van der Waals surface area contributed by atoms with Gasteiger partial charge in [-0.2, -0.15) is 0 Å². The average molecular weight is 170 g/mol. The SMILES string of the molecule is CCCC(=O)N1CC(N(C)C)C1. The van der Waals surface area contributed by atoms with Crippen LogP contribution in [0.2, 0.25) is 0 Å². The molecule has 0 aromatic heterocycles. The molecule has 0 aromatic carbocycles. The van der Waals surface area contributed by atoms with Gasteiger partial charge in [-0.3, -0.25) is 4.79 Å². The van der Waals surface area contributed by atoms with Crippen LogP contribution < -0.4 is 0 Å². The Morgan fingerprint density at radius 3 is 2.50 bits per heavy atom. The van der Waals surface area contributed by atoms with Crippen LogP contribution in [0.4, 0.5) is 0 Å². The van der Waals surface area contributed by atoms with Gasteiger partial charge in [0.1, 0.15) is 0 Å². The smallest absolute Gasteiger partial charge is 0.222 e. The van der Waals surface area contributed by atoms with Crippen molar-refractivity contribution in [2.24, 2.45) is 0 Å². The van der Waals surface area contributed by atoms with Gasteiger partial charge in [-0.15, -0.1) is 0 Å². The van der Waals surface area contributed by atoms with E-state index in [9.17, 15) is 4.79 Å². The van der Waals surface area contributed by atoms with Crippen LogP contribution in [0.15, 0.2) is 0 Å². The Kier molecular flexibility index (Phi) is 3.09. The first-order valence-electron chi connectivity index (χ1n) is 4.59. The van der Waals surface area contributed by atoms with Crippen molar-refractivity contribution in [3.63, 3.8) is 0 Å². The van der Waals surface area contributed by atoms with Crippen LogP contribution in [0.25, 0.3) is 0 Å². The Balaban J connectivity index is 2.20. The molecule has 0 unspecified atom stereocenters. The third kappa shape index (κ3) is 1.97. The minimum absolute atomic E-state index is 0.315. The molecule has 0 bridgehead atoms. The van der Waals surface area contributed by atoms with Crippen LogP contribution in [0, 0.1) is 0 Å². The quantitative estimate of drug-likeness (QED) is 0.618. The van der Waals surface area contributed by atoms with E-state index in [4.69, 9.17) is 0 Å². The fraction of sp³-hybridized carbons (Fsp3) is 0.889. The highest BCUT2D eigenvalue weighted by molar-refractivity contribution is 5.77. The van der Waals surface area contributed by atoms with Gasteiger partial charge in [-0.25, -0.2) is 0 Å². The minimum atomic E-state index is 0.315. The molecule has 3 heteroatoms. The molecule has 70 valence electrons. The van der Waals surface area contributed by atoms with Gasteiger partial charge in [0.2, 0.25) is 5.91 Å². The van der Waals surface area contributed by atoms with Crippen molar-refractivity contribution in [3.05, 3.63) is 0 Å². The predicted octanol–water partition coefficient (Wildman–Crippen LogP) is 0.559. The Morgan fingerprint density at radius 1 is 1.50 bits per heavy atom. The summed E-state index contributed by atoms with van der Waals surface area (Å²) in [6.07, 6.45) is 1.67. The van der Waals surface area contributed by atoms with Crippen LogP contribution >= 0.6 is 0 Å². The molecule has 3 nitrogen and oxygen atoms in total. The first-order valence-corrected chi connectivity index (χ1v) is 4.59. The summed E-state index contributed by atoms with van der Waals surface area (Å²) in [5.74, 6) is 0.315. The maximum Gasteiger partial charge on any atom is 0.222 e. The fourth-order valence-corrected chi connectivity index (χ4v) is 1.36. The van der Waals surface area contributed by atoms with E-state index in [2.05, 4.69) is 19.0 Å². The van der Waals surface area contributed by atoms with Gasteiger partial charge in [0.25, 0.3) is 0 Å². The van der Waals surface area contributed by atoms with Crippen molar-refractivity contribution in [1.82, 2.24) is 9.80 Å². The number of hydrogen-bond donors (Lipinski definition) is 0. The van der Waals surface area contributed by atoms with Gasteiger partial charge in [-0.1, -0.05) is 6.92 Å². The van der Waals surface area contributed by atoms with E-state index < -0.39 is 0 Å². The number of nitrogens with zero attached hydrogens (tertiary/aromatic N) is 2. The van der Waals surface area contributed by atoms with Crippen molar-refractivity contribution >= 4 is 5.91 Å². The summed E-state index contributed by atoms with van der Waals surface area (Å²) in [6.45, 7) is 3.89. The van der Waals surface area contributed by atoms with Crippen molar-refractivity contribution in [3.8, 4) is 0 Å². The number of carbonyl (C=O) groups excluding carboxylic acids is 1. The highest BCUT2D eigenvalue weighted by Gasteiger charge is 2.30. The highest BCUT2D eigenvalue weighted by Crippen LogP contribution is 2.13. The number of carbonyl (C=O) groups is 1. The Morgan fingerprint density at radius 2 is 2.08 bits per heavy atom. The van der Waals surface area contributed by atoms with Gasteiger partial charge in [0.05, 0.1) is 0 Å². The molecule has 0 radical (unpaired) electrons. The van der Waals surface area contributed by atoms with Gasteiger partial charge < -0.3 is 9.80 Å². The van der Waals surface area contributed by atoms with Gasteiger partial charge >= 0.3 is 0 Å². The molecule has 0 spiro atoms.